The summed E-state index contributed by atoms with van der Waals surface area (Å²) in [5.41, 5.74) is 0.765. The van der Waals surface area contributed by atoms with Gasteiger partial charge in [0.25, 0.3) is 0 Å². The summed E-state index contributed by atoms with van der Waals surface area (Å²) in [6.07, 6.45) is 2.55. The van der Waals surface area contributed by atoms with Gasteiger partial charge < -0.3 is 10.1 Å². The van der Waals surface area contributed by atoms with E-state index in [0.29, 0.717) is 6.54 Å². The third kappa shape index (κ3) is 4.22. The Morgan fingerprint density at radius 3 is 2.90 bits per heavy atom. The van der Waals surface area contributed by atoms with Crippen molar-refractivity contribution in [3.63, 3.8) is 0 Å². The molecule has 0 radical (unpaired) electrons. The monoisotopic (exact) mass is 356 g/mol. The molecule has 0 amide bonds. The van der Waals surface area contributed by atoms with Crippen molar-refractivity contribution in [2.45, 2.75) is 19.9 Å². The SMILES string of the molecule is CCCNCc1cc(Br)cnc1Oc1cccc(F)c1F. The minimum Gasteiger partial charge on any atom is -0.435 e. The van der Waals surface area contributed by atoms with Crippen molar-refractivity contribution in [2.24, 2.45) is 0 Å². The van der Waals surface area contributed by atoms with E-state index in [2.05, 4.69) is 33.2 Å². The van der Waals surface area contributed by atoms with Crippen molar-refractivity contribution in [3.8, 4) is 11.6 Å². The van der Waals surface area contributed by atoms with Crippen LogP contribution in [0.2, 0.25) is 0 Å². The predicted molar refractivity (Wildman–Crippen MR) is 80.4 cm³/mol. The quantitative estimate of drug-likeness (QED) is 0.778. The number of nitrogens with one attached hydrogen (secondary N) is 1. The average molecular weight is 357 g/mol. The highest BCUT2D eigenvalue weighted by atomic mass is 79.9. The van der Waals surface area contributed by atoms with Crippen LogP contribution in [-0.4, -0.2) is 11.5 Å². The first kappa shape index (κ1) is 15.9. The van der Waals surface area contributed by atoms with Crippen LogP contribution in [0.25, 0.3) is 0 Å². The summed E-state index contributed by atoms with van der Waals surface area (Å²) in [7, 11) is 0. The van der Waals surface area contributed by atoms with Crippen molar-refractivity contribution < 1.29 is 13.5 Å². The fraction of sp³-hybridized carbons (Fsp3) is 0.267. The molecule has 0 saturated carbocycles. The molecule has 112 valence electrons. The lowest BCUT2D eigenvalue weighted by Crippen LogP contribution is -2.14. The van der Waals surface area contributed by atoms with Gasteiger partial charge in [-0.1, -0.05) is 13.0 Å². The highest BCUT2D eigenvalue weighted by Crippen LogP contribution is 2.28. The Morgan fingerprint density at radius 1 is 1.33 bits per heavy atom. The highest BCUT2D eigenvalue weighted by Gasteiger charge is 2.13. The van der Waals surface area contributed by atoms with Gasteiger partial charge in [-0.2, -0.15) is 4.39 Å². The summed E-state index contributed by atoms with van der Waals surface area (Å²) in [6, 6.07) is 5.64. The van der Waals surface area contributed by atoms with E-state index in [-0.39, 0.29) is 11.6 Å². The lowest BCUT2D eigenvalue weighted by atomic mass is 10.2. The van der Waals surface area contributed by atoms with Crippen LogP contribution in [0, 0.1) is 11.6 Å². The van der Waals surface area contributed by atoms with Gasteiger partial charge in [0.2, 0.25) is 11.7 Å². The second-order valence-electron chi connectivity index (χ2n) is 4.45. The minimum atomic E-state index is -1.02. The number of halogens is 3. The zero-order valence-electron chi connectivity index (χ0n) is 11.5. The fourth-order valence-electron chi connectivity index (χ4n) is 1.75. The number of benzene rings is 1. The summed E-state index contributed by atoms with van der Waals surface area (Å²) >= 11 is 3.34. The second kappa shape index (κ2) is 7.47. The molecule has 1 heterocycles. The van der Waals surface area contributed by atoms with Crippen molar-refractivity contribution >= 4 is 15.9 Å². The van der Waals surface area contributed by atoms with Crippen LogP contribution in [0.5, 0.6) is 11.6 Å². The molecule has 21 heavy (non-hydrogen) atoms. The summed E-state index contributed by atoms with van der Waals surface area (Å²) in [5.74, 6) is -1.89. The molecule has 0 fully saturated rings. The predicted octanol–water partition coefficient (Wildman–Crippen LogP) is 4.41. The molecule has 0 bridgehead atoms. The zero-order valence-corrected chi connectivity index (χ0v) is 13.1. The van der Waals surface area contributed by atoms with Crippen LogP contribution in [0.15, 0.2) is 34.9 Å². The van der Waals surface area contributed by atoms with Gasteiger partial charge in [-0.05, 0) is 47.1 Å². The number of pyridine rings is 1. The van der Waals surface area contributed by atoms with Crippen molar-refractivity contribution in [3.05, 3.63) is 52.1 Å². The van der Waals surface area contributed by atoms with Gasteiger partial charge in [0, 0.05) is 22.8 Å². The number of hydrogen-bond acceptors (Lipinski definition) is 3. The molecule has 0 aliphatic carbocycles. The molecule has 2 aromatic rings. The number of ether oxygens (including phenoxy) is 1. The van der Waals surface area contributed by atoms with E-state index in [4.69, 9.17) is 4.74 Å². The van der Waals surface area contributed by atoms with Crippen LogP contribution in [0.4, 0.5) is 8.78 Å². The molecule has 0 unspecified atom stereocenters. The normalized spacial score (nSPS) is 10.7. The standard InChI is InChI=1S/C15H15BrF2N2O/c1-2-6-19-8-10-7-11(16)9-20-15(10)21-13-5-3-4-12(17)14(13)18/h3-5,7,9,19H,2,6,8H2,1H3. The van der Waals surface area contributed by atoms with Gasteiger partial charge in [0.15, 0.2) is 11.6 Å². The molecule has 6 heteroatoms. The van der Waals surface area contributed by atoms with Gasteiger partial charge in [-0.3, -0.25) is 0 Å². The molecule has 1 N–H and O–H groups in total. The molecule has 3 nitrogen and oxygen atoms in total. The maximum absolute atomic E-state index is 13.7. The summed E-state index contributed by atoms with van der Waals surface area (Å²) < 4.78 is 33.1. The Kier molecular flexibility index (Phi) is 5.64. The smallest absolute Gasteiger partial charge is 0.223 e. The van der Waals surface area contributed by atoms with Gasteiger partial charge in [-0.25, -0.2) is 9.37 Å². The largest absolute Gasteiger partial charge is 0.435 e. The van der Waals surface area contributed by atoms with E-state index in [9.17, 15) is 8.78 Å². The Hall–Kier alpha value is -1.53. The number of nitrogens with zero attached hydrogens (tertiary/aromatic N) is 1. The molecule has 0 aliphatic heterocycles. The molecule has 1 aromatic carbocycles. The average Bonchev–Trinajstić information content (AvgIpc) is 2.46. The van der Waals surface area contributed by atoms with E-state index in [1.54, 1.807) is 6.20 Å². The van der Waals surface area contributed by atoms with Gasteiger partial charge in [0.1, 0.15) is 0 Å². The third-order valence-electron chi connectivity index (χ3n) is 2.76. The van der Waals surface area contributed by atoms with E-state index in [1.807, 2.05) is 6.07 Å². The van der Waals surface area contributed by atoms with Crippen LogP contribution in [-0.2, 0) is 6.54 Å². The van der Waals surface area contributed by atoms with E-state index in [1.165, 1.54) is 12.1 Å². The molecule has 0 spiro atoms. The van der Waals surface area contributed by atoms with Crippen molar-refractivity contribution in [1.82, 2.24) is 10.3 Å². The van der Waals surface area contributed by atoms with Gasteiger partial charge >= 0.3 is 0 Å². The molecule has 0 saturated heterocycles. The maximum atomic E-state index is 13.7. The lowest BCUT2D eigenvalue weighted by Gasteiger charge is -2.11. The van der Waals surface area contributed by atoms with Gasteiger partial charge in [-0.15, -0.1) is 0 Å². The van der Waals surface area contributed by atoms with Crippen molar-refractivity contribution in [2.75, 3.05) is 6.54 Å². The van der Waals surface area contributed by atoms with Gasteiger partial charge in [0.05, 0.1) is 0 Å². The molecular weight excluding hydrogens is 342 g/mol. The Labute approximate surface area is 130 Å². The highest BCUT2D eigenvalue weighted by molar-refractivity contribution is 9.10. The summed E-state index contributed by atoms with van der Waals surface area (Å²) in [6.45, 7) is 3.44. The first-order valence-electron chi connectivity index (χ1n) is 6.58. The first-order chi connectivity index (χ1) is 10.1. The molecule has 2 rings (SSSR count). The number of aromatic nitrogens is 1. The third-order valence-corrected chi connectivity index (χ3v) is 3.19. The number of rotatable bonds is 6. The minimum absolute atomic E-state index is 0.179. The number of hydrogen-bond donors (Lipinski definition) is 1. The van der Waals surface area contributed by atoms with Crippen LogP contribution in [0.3, 0.4) is 0 Å². The summed E-state index contributed by atoms with van der Waals surface area (Å²) in [5, 5.41) is 3.22. The summed E-state index contributed by atoms with van der Waals surface area (Å²) in [4.78, 5) is 4.12. The Balaban J connectivity index is 2.24. The van der Waals surface area contributed by atoms with Crippen LogP contribution in [0.1, 0.15) is 18.9 Å². The van der Waals surface area contributed by atoms with Crippen LogP contribution >= 0.6 is 15.9 Å². The van der Waals surface area contributed by atoms with E-state index >= 15 is 0 Å². The molecule has 1 aromatic heterocycles. The Morgan fingerprint density at radius 2 is 2.14 bits per heavy atom. The van der Waals surface area contributed by atoms with E-state index < -0.39 is 11.6 Å². The molecular formula is C15H15BrF2N2O. The topological polar surface area (TPSA) is 34.2 Å². The van der Waals surface area contributed by atoms with Crippen molar-refractivity contribution in [1.29, 1.82) is 0 Å². The Bertz CT molecular complexity index is 623. The zero-order chi connectivity index (χ0) is 15.2. The van der Waals surface area contributed by atoms with Crippen LogP contribution < -0.4 is 10.1 Å². The first-order valence-corrected chi connectivity index (χ1v) is 7.38. The second-order valence-corrected chi connectivity index (χ2v) is 5.36. The lowest BCUT2D eigenvalue weighted by molar-refractivity contribution is 0.400. The van der Waals surface area contributed by atoms with E-state index in [0.717, 1.165) is 29.1 Å². The fourth-order valence-corrected chi connectivity index (χ4v) is 2.13. The molecule has 0 aliphatic rings. The molecule has 0 atom stereocenters. The maximum Gasteiger partial charge on any atom is 0.223 e.